The van der Waals surface area contributed by atoms with Crippen molar-refractivity contribution in [3.8, 4) is 11.5 Å². The Hall–Kier alpha value is -6.20. The number of methoxy groups -OCH3 is 2. The van der Waals surface area contributed by atoms with Gasteiger partial charge in [0.05, 0.1) is 14.2 Å². The molecule has 1 aliphatic carbocycles. The summed E-state index contributed by atoms with van der Waals surface area (Å²) in [7, 11) is -2.14. The first-order valence-electron chi connectivity index (χ1n) is 17.3. The Morgan fingerprint density at radius 3 is 1.75 bits per heavy atom. The summed E-state index contributed by atoms with van der Waals surface area (Å²) in [6, 6.07) is 14.3. The fourth-order valence-electron chi connectivity index (χ4n) is 6.42. The van der Waals surface area contributed by atoms with E-state index in [2.05, 4.69) is 23.2 Å². The van der Waals surface area contributed by atoms with Crippen molar-refractivity contribution in [2.45, 2.75) is 30.3 Å². The Balaban J connectivity index is 1.46. The van der Waals surface area contributed by atoms with E-state index in [9.17, 15) is 40.4 Å². The Morgan fingerprint density at radius 2 is 1.26 bits per heavy atom. The van der Waals surface area contributed by atoms with Crippen LogP contribution in [0, 0.1) is 23.3 Å². The Kier molecular flexibility index (Phi) is 13.0. The first-order valence-corrected chi connectivity index (χ1v) is 18.8. The van der Waals surface area contributed by atoms with Gasteiger partial charge < -0.3 is 24.6 Å². The Morgan fingerprint density at radius 1 is 0.789 bits per heavy atom. The second-order valence-electron chi connectivity index (χ2n) is 13.0. The summed E-state index contributed by atoms with van der Waals surface area (Å²) < 4.78 is 98.7. The summed E-state index contributed by atoms with van der Waals surface area (Å²) in [6.07, 6.45) is 2.01. The van der Waals surface area contributed by atoms with Crippen LogP contribution in [-0.2, 0) is 26.2 Å². The maximum Gasteiger partial charge on any atom is 0.330 e. The van der Waals surface area contributed by atoms with Gasteiger partial charge in [0.25, 0.3) is 5.91 Å². The number of urea groups is 1. The maximum atomic E-state index is 14.4. The molecule has 0 unspecified atom stereocenters. The molecule has 0 bridgehead atoms. The zero-order valence-corrected chi connectivity index (χ0v) is 31.6. The van der Waals surface area contributed by atoms with Gasteiger partial charge in [-0.15, -0.1) is 13.2 Å². The molecule has 5 rings (SSSR count). The summed E-state index contributed by atoms with van der Waals surface area (Å²) in [5.41, 5.74) is -1.38. The zero-order valence-electron chi connectivity index (χ0n) is 30.8. The van der Waals surface area contributed by atoms with Crippen LogP contribution in [0.1, 0.15) is 23.5 Å². The van der Waals surface area contributed by atoms with Gasteiger partial charge in [-0.1, -0.05) is 12.2 Å². The average molecular weight is 810 g/mol. The lowest BCUT2D eigenvalue weighted by molar-refractivity contribution is -0.121. The van der Waals surface area contributed by atoms with Crippen LogP contribution in [0.2, 0.25) is 0 Å². The molecule has 1 saturated carbocycles. The van der Waals surface area contributed by atoms with E-state index in [1.54, 1.807) is 41.1 Å². The minimum absolute atomic E-state index is 0.0178. The highest BCUT2D eigenvalue weighted by Gasteiger charge is 2.63. The lowest BCUT2D eigenvalue weighted by atomic mass is 10.0. The third-order valence-electron chi connectivity index (χ3n) is 9.05. The lowest BCUT2D eigenvalue weighted by Gasteiger charge is -2.29. The molecule has 4 aromatic carbocycles. The van der Waals surface area contributed by atoms with Crippen LogP contribution < -0.4 is 34.0 Å². The summed E-state index contributed by atoms with van der Waals surface area (Å²) in [6.45, 7) is 7.15. The minimum atomic E-state index is -5.03. The van der Waals surface area contributed by atoms with Gasteiger partial charge in [-0.2, -0.15) is 13.1 Å². The monoisotopic (exact) mass is 809 g/mol. The van der Waals surface area contributed by atoms with E-state index < -0.39 is 75.2 Å². The van der Waals surface area contributed by atoms with E-state index in [4.69, 9.17) is 9.47 Å². The summed E-state index contributed by atoms with van der Waals surface area (Å²) in [4.78, 5) is 44.5. The molecule has 4 aromatic rings. The quantitative estimate of drug-likeness (QED) is 0.0921. The van der Waals surface area contributed by atoms with Gasteiger partial charge >= 0.3 is 16.2 Å². The van der Waals surface area contributed by atoms with Crippen molar-refractivity contribution in [1.82, 2.24) is 14.8 Å². The molecule has 3 N–H and O–H groups in total. The number of rotatable bonds is 17. The van der Waals surface area contributed by atoms with Crippen LogP contribution in [-0.4, -0.2) is 65.2 Å². The third kappa shape index (κ3) is 10.2. The van der Waals surface area contributed by atoms with E-state index in [1.165, 1.54) is 43.4 Å². The minimum Gasteiger partial charge on any atom is -0.497 e. The van der Waals surface area contributed by atoms with Crippen molar-refractivity contribution < 1.29 is 49.8 Å². The summed E-state index contributed by atoms with van der Waals surface area (Å²) in [5, 5.41) is 2.40. The number of ether oxygens (including phenoxy) is 2. The number of hydrogen-bond acceptors (Lipinski definition) is 7. The van der Waals surface area contributed by atoms with Crippen LogP contribution in [0.3, 0.4) is 0 Å². The molecule has 1 aliphatic rings. The maximum absolute atomic E-state index is 14.4. The van der Waals surface area contributed by atoms with Crippen LogP contribution in [0.15, 0.2) is 110 Å². The molecule has 4 amide bonds. The van der Waals surface area contributed by atoms with Crippen molar-refractivity contribution in [3.05, 3.63) is 145 Å². The summed E-state index contributed by atoms with van der Waals surface area (Å²) in [5.74, 6) is -5.59. The van der Waals surface area contributed by atoms with Gasteiger partial charge in [0.1, 0.15) is 46.3 Å². The third-order valence-corrected chi connectivity index (χ3v) is 10.1. The number of carbonyl (C=O) groups excluding carboxylic acids is 3. The topological polar surface area (TPSA) is 146 Å². The molecular formula is C40H39F4N5O7S. The second kappa shape index (κ2) is 17.7. The van der Waals surface area contributed by atoms with E-state index in [1.807, 2.05) is 0 Å². The van der Waals surface area contributed by atoms with Crippen molar-refractivity contribution in [2.75, 3.05) is 37.1 Å². The number of anilines is 2. The summed E-state index contributed by atoms with van der Waals surface area (Å²) >= 11 is 0. The van der Waals surface area contributed by atoms with Crippen molar-refractivity contribution in [2.24, 2.45) is 0 Å². The van der Waals surface area contributed by atoms with E-state index in [-0.39, 0.29) is 36.3 Å². The average Bonchev–Trinajstić information content (AvgIpc) is 3.89. The molecule has 1 fully saturated rings. The van der Waals surface area contributed by atoms with Crippen molar-refractivity contribution >= 4 is 39.4 Å². The van der Waals surface area contributed by atoms with Gasteiger partial charge in [-0.3, -0.25) is 9.59 Å². The largest absolute Gasteiger partial charge is 0.497 e. The van der Waals surface area contributed by atoms with Gasteiger partial charge in [0.15, 0.2) is 0 Å². The Bertz CT molecular complexity index is 2220. The molecule has 12 nitrogen and oxygen atoms in total. The van der Waals surface area contributed by atoms with E-state index >= 15 is 0 Å². The number of carbonyl (C=O) groups is 3. The normalized spacial score (nSPS) is 16.4. The van der Waals surface area contributed by atoms with Gasteiger partial charge in [0.2, 0.25) is 5.91 Å². The number of amides is 4. The second-order valence-corrected chi connectivity index (χ2v) is 14.4. The fourth-order valence-corrected chi connectivity index (χ4v) is 7.33. The highest BCUT2D eigenvalue weighted by Crippen LogP contribution is 2.53. The number of hydrogen-bond donors (Lipinski definition) is 3. The molecule has 0 radical (unpaired) electrons. The highest BCUT2D eigenvalue weighted by atomic mass is 32.2. The van der Waals surface area contributed by atoms with Crippen LogP contribution in [0.4, 0.5) is 33.7 Å². The van der Waals surface area contributed by atoms with E-state index in [0.29, 0.717) is 29.3 Å². The molecule has 17 heteroatoms. The van der Waals surface area contributed by atoms with Crippen LogP contribution >= 0.6 is 0 Å². The molecule has 3 atom stereocenters. The molecule has 0 saturated heterocycles. The molecule has 0 heterocycles. The molecule has 0 aromatic heterocycles. The smallest absolute Gasteiger partial charge is 0.330 e. The first kappa shape index (κ1) is 42.0. The molecule has 57 heavy (non-hydrogen) atoms. The lowest BCUT2D eigenvalue weighted by Crippen LogP contribution is -2.58. The highest BCUT2D eigenvalue weighted by molar-refractivity contribution is 7.88. The predicted molar refractivity (Wildman–Crippen MR) is 205 cm³/mol. The molecule has 300 valence electrons. The Labute approximate surface area is 326 Å². The van der Waals surface area contributed by atoms with E-state index in [0.717, 1.165) is 29.2 Å². The van der Waals surface area contributed by atoms with Gasteiger partial charge in [0, 0.05) is 42.5 Å². The molecular weight excluding hydrogens is 771 g/mol. The predicted octanol–water partition coefficient (Wildman–Crippen LogP) is 5.67. The fraction of sp³-hybridized carbons (Fsp3) is 0.225. The number of halogens is 4. The number of benzene rings is 4. The molecule has 0 aliphatic heterocycles. The number of nitrogens with one attached hydrogen (secondary N) is 3. The van der Waals surface area contributed by atoms with Crippen LogP contribution in [0.25, 0.3) is 0 Å². The SMILES string of the molecule is C=CCN(C(=O)[C@H](Cc1cc(F)cc(F)c1)NS(=O)(=O)NC(=O)N[C@]1(C(=O)N(CC=C)c2ccc(OC)cc2)C[C@@H]1c1cc(F)cc(F)c1)c1ccc(OC)cc1. The van der Waals surface area contributed by atoms with Crippen LogP contribution in [0.5, 0.6) is 11.5 Å². The number of nitrogens with zero attached hydrogens (tertiary/aromatic N) is 2. The van der Waals surface area contributed by atoms with Crippen molar-refractivity contribution in [3.63, 3.8) is 0 Å². The van der Waals surface area contributed by atoms with Gasteiger partial charge in [-0.05, 0) is 96.8 Å². The first-order chi connectivity index (χ1) is 27.1. The van der Waals surface area contributed by atoms with Gasteiger partial charge in [-0.25, -0.2) is 27.1 Å². The molecule has 0 spiro atoms. The standard InChI is InChI=1S/C40H39F4N5O7S/c1-5-15-48(31-7-11-33(55-3)12-8-31)37(50)36(19-25-17-27(41)22-28(42)18-25)46-57(53,54)47-39(52)45-40(24-35(40)26-20-29(43)23-30(44)21-26)38(51)49(16-6-2)32-9-13-34(56-4)14-10-32/h5-14,17-18,20-23,35-36,46H,1-2,15-16,19,24H2,3-4H3,(H2,45,47,52)/t35-,36+,40-/m1/s1. The van der Waals surface area contributed by atoms with Crippen molar-refractivity contribution in [1.29, 1.82) is 0 Å². The zero-order chi connectivity index (χ0) is 41.5.